The number of nitrogens with zero attached hydrogens (tertiary/aromatic N) is 6. The van der Waals surface area contributed by atoms with Gasteiger partial charge in [0.1, 0.15) is 11.5 Å². The topological polar surface area (TPSA) is 111 Å². The summed E-state index contributed by atoms with van der Waals surface area (Å²) >= 11 is 0. The zero-order valence-corrected chi connectivity index (χ0v) is 20.3. The first-order valence-electron chi connectivity index (χ1n) is 11.8. The number of aromatic nitrogens is 7. The standard InChI is InChI=1S/C27H24FN9/c1-37(2)9-8-30-19-11-17(10-18(28)12-19)20-5-7-31-26-24(20)33-27(34-26)25-21-13-22(16-4-3-6-29-14-16)32-15-23(21)35-36-25/h3-7,10-15,30H,8-9H2,1-2H3,(H,35,36)(H,31,33,34). The summed E-state index contributed by atoms with van der Waals surface area (Å²) in [6, 6.07) is 12.6. The molecule has 10 heteroatoms. The van der Waals surface area contributed by atoms with Gasteiger partial charge in [-0.2, -0.15) is 5.10 Å². The Morgan fingerprint density at radius 1 is 1.00 bits per heavy atom. The maximum absolute atomic E-state index is 14.6. The minimum absolute atomic E-state index is 0.316. The SMILES string of the molecule is CN(C)CCNc1cc(F)cc(-c2ccnc3nc(-c4n[nH]c5cnc(-c6cccnc6)cc45)[nH]c23)c1. The maximum atomic E-state index is 14.6. The van der Waals surface area contributed by atoms with Crippen molar-refractivity contribution >= 4 is 27.8 Å². The van der Waals surface area contributed by atoms with Gasteiger partial charge in [-0.15, -0.1) is 0 Å². The molecular weight excluding hydrogens is 469 g/mol. The summed E-state index contributed by atoms with van der Waals surface area (Å²) in [5.74, 6) is 0.244. The lowest BCUT2D eigenvalue weighted by Gasteiger charge is -2.13. The second kappa shape index (κ2) is 9.40. The number of hydrogen-bond acceptors (Lipinski definition) is 7. The molecule has 0 aliphatic carbocycles. The van der Waals surface area contributed by atoms with Crippen LogP contribution in [0.15, 0.2) is 67.3 Å². The number of fused-ring (bicyclic) bond motifs is 2. The molecule has 37 heavy (non-hydrogen) atoms. The summed E-state index contributed by atoms with van der Waals surface area (Å²) in [7, 11) is 4.00. The first-order chi connectivity index (χ1) is 18.0. The quantitative estimate of drug-likeness (QED) is 0.295. The van der Waals surface area contributed by atoms with Crippen LogP contribution in [0.3, 0.4) is 0 Å². The van der Waals surface area contributed by atoms with Crippen LogP contribution in [0, 0.1) is 5.82 Å². The second-order valence-corrected chi connectivity index (χ2v) is 9.03. The molecule has 0 radical (unpaired) electrons. The minimum Gasteiger partial charge on any atom is -0.384 e. The van der Waals surface area contributed by atoms with Crippen molar-refractivity contribution in [2.75, 3.05) is 32.5 Å². The molecule has 0 unspecified atom stereocenters. The van der Waals surface area contributed by atoms with Crippen LogP contribution in [-0.2, 0) is 0 Å². The van der Waals surface area contributed by atoms with E-state index in [4.69, 9.17) is 4.98 Å². The van der Waals surface area contributed by atoms with Gasteiger partial charge in [-0.1, -0.05) is 0 Å². The molecule has 1 aromatic carbocycles. The van der Waals surface area contributed by atoms with Crippen molar-refractivity contribution in [3.63, 3.8) is 0 Å². The van der Waals surface area contributed by atoms with Gasteiger partial charge < -0.3 is 15.2 Å². The Balaban J connectivity index is 1.41. The predicted molar refractivity (Wildman–Crippen MR) is 142 cm³/mol. The third kappa shape index (κ3) is 4.50. The number of pyridine rings is 3. The average molecular weight is 494 g/mol. The van der Waals surface area contributed by atoms with Crippen LogP contribution in [0.4, 0.5) is 10.1 Å². The van der Waals surface area contributed by atoms with Crippen LogP contribution < -0.4 is 5.32 Å². The van der Waals surface area contributed by atoms with E-state index >= 15 is 0 Å². The fourth-order valence-electron chi connectivity index (χ4n) is 4.30. The average Bonchev–Trinajstić information content (AvgIpc) is 3.52. The molecule has 5 aromatic heterocycles. The maximum Gasteiger partial charge on any atom is 0.178 e. The highest BCUT2D eigenvalue weighted by molar-refractivity contribution is 5.96. The molecule has 9 nitrogen and oxygen atoms in total. The predicted octanol–water partition coefficient (Wildman–Crippen LogP) is 4.74. The molecule has 0 bridgehead atoms. The Labute approximate surface area is 211 Å². The van der Waals surface area contributed by atoms with Crippen molar-refractivity contribution in [1.29, 1.82) is 0 Å². The van der Waals surface area contributed by atoms with E-state index in [9.17, 15) is 4.39 Å². The molecule has 6 aromatic rings. The van der Waals surface area contributed by atoms with Crippen LogP contribution in [0.5, 0.6) is 0 Å². The lowest BCUT2D eigenvalue weighted by molar-refractivity contribution is 0.425. The molecule has 0 atom stereocenters. The van der Waals surface area contributed by atoms with Gasteiger partial charge in [0.2, 0.25) is 0 Å². The van der Waals surface area contributed by atoms with Crippen LogP contribution >= 0.6 is 0 Å². The zero-order valence-electron chi connectivity index (χ0n) is 20.3. The number of imidazole rings is 1. The Kier molecular flexibility index (Phi) is 5.78. The summed E-state index contributed by atoms with van der Waals surface area (Å²) in [5.41, 5.74) is 6.61. The number of halogens is 1. The Hall–Kier alpha value is -4.70. The third-order valence-corrected chi connectivity index (χ3v) is 6.12. The Bertz CT molecular complexity index is 1710. The molecule has 0 saturated heterocycles. The van der Waals surface area contributed by atoms with E-state index in [1.165, 1.54) is 12.1 Å². The molecular formula is C27H24FN9. The molecule has 0 spiro atoms. The monoisotopic (exact) mass is 493 g/mol. The van der Waals surface area contributed by atoms with E-state index in [0.717, 1.165) is 45.5 Å². The van der Waals surface area contributed by atoms with E-state index < -0.39 is 0 Å². The number of likely N-dealkylation sites (N-methyl/N-ethyl adjacent to an activating group) is 1. The molecule has 0 aliphatic heterocycles. The van der Waals surface area contributed by atoms with Crippen LogP contribution in [0.25, 0.3) is 56.0 Å². The molecule has 184 valence electrons. The van der Waals surface area contributed by atoms with Gasteiger partial charge in [-0.3, -0.25) is 15.1 Å². The molecule has 3 N–H and O–H groups in total. The molecule has 5 heterocycles. The summed E-state index contributed by atoms with van der Waals surface area (Å²) in [6.45, 7) is 1.54. The van der Waals surface area contributed by atoms with Crippen LogP contribution in [-0.4, -0.2) is 67.2 Å². The number of benzene rings is 1. The van der Waals surface area contributed by atoms with Gasteiger partial charge in [0, 0.05) is 53.9 Å². The molecule has 0 saturated carbocycles. The van der Waals surface area contributed by atoms with Crippen molar-refractivity contribution in [3.05, 3.63) is 73.1 Å². The summed E-state index contributed by atoms with van der Waals surface area (Å²) < 4.78 is 14.6. The Morgan fingerprint density at radius 2 is 1.92 bits per heavy atom. The van der Waals surface area contributed by atoms with E-state index in [1.54, 1.807) is 24.8 Å². The highest BCUT2D eigenvalue weighted by atomic mass is 19.1. The smallest absolute Gasteiger partial charge is 0.178 e. The molecule has 0 fully saturated rings. The van der Waals surface area contributed by atoms with E-state index in [-0.39, 0.29) is 5.82 Å². The fraction of sp³-hybridized carbons (Fsp3) is 0.148. The van der Waals surface area contributed by atoms with E-state index in [1.807, 2.05) is 44.4 Å². The molecule has 0 amide bonds. The number of H-pyrrole nitrogens is 2. The second-order valence-electron chi connectivity index (χ2n) is 9.03. The zero-order chi connectivity index (χ0) is 25.4. The number of hydrogen-bond donors (Lipinski definition) is 3. The number of nitrogens with one attached hydrogen (secondary N) is 3. The van der Waals surface area contributed by atoms with Crippen molar-refractivity contribution < 1.29 is 4.39 Å². The molecule has 0 aliphatic rings. The fourth-order valence-corrected chi connectivity index (χ4v) is 4.30. The van der Waals surface area contributed by atoms with Gasteiger partial charge in [-0.05, 0) is 62.1 Å². The largest absolute Gasteiger partial charge is 0.384 e. The third-order valence-electron chi connectivity index (χ3n) is 6.12. The normalized spacial score (nSPS) is 11.6. The summed E-state index contributed by atoms with van der Waals surface area (Å²) in [5, 5.41) is 11.7. The van der Waals surface area contributed by atoms with Crippen LogP contribution in [0.1, 0.15) is 0 Å². The number of anilines is 1. The first-order valence-corrected chi connectivity index (χ1v) is 11.8. The summed E-state index contributed by atoms with van der Waals surface area (Å²) in [6.07, 6.45) is 6.93. The Morgan fingerprint density at radius 3 is 2.76 bits per heavy atom. The van der Waals surface area contributed by atoms with Gasteiger partial charge in [0.05, 0.1) is 22.9 Å². The lowest BCUT2D eigenvalue weighted by Crippen LogP contribution is -2.20. The number of aromatic amines is 2. The minimum atomic E-state index is -0.316. The lowest BCUT2D eigenvalue weighted by atomic mass is 10.0. The van der Waals surface area contributed by atoms with Crippen molar-refractivity contribution in [1.82, 2.24) is 40.0 Å². The van der Waals surface area contributed by atoms with Gasteiger partial charge in [0.15, 0.2) is 11.5 Å². The molecule has 6 rings (SSSR count). The van der Waals surface area contributed by atoms with Crippen LogP contribution in [0.2, 0.25) is 0 Å². The van der Waals surface area contributed by atoms with Gasteiger partial charge >= 0.3 is 0 Å². The number of rotatable bonds is 7. The van der Waals surface area contributed by atoms with Gasteiger partial charge in [-0.25, -0.2) is 14.4 Å². The highest BCUT2D eigenvalue weighted by Gasteiger charge is 2.17. The van der Waals surface area contributed by atoms with Crippen molar-refractivity contribution in [2.24, 2.45) is 0 Å². The van der Waals surface area contributed by atoms with Crippen molar-refractivity contribution in [2.45, 2.75) is 0 Å². The first kappa shape index (κ1) is 22.7. The van der Waals surface area contributed by atoms with E-state index in [2.05, 4.69) is 40.3 Å². The summed E-state index contributed by atoms with van der Waals surface area (Å²) in [4.78, 5) is 23.3. The van der Waals surface area contributed by atoms with E-state index in [0.29, 0.717) is 29.2 Å². The van der Waals surface area contributed by atoms with Gasteiger partial charge in [0.25, 0.3) is 0 Å². The highest BCUT2D eigenvalue weighted by Crippen LogP contribution is 2.33. The van der Waals surface area contributed by atoms with Crippen molar-refractivity contribution in [3.8, 4) is 33.9 Å².